The van der Waals surface area contributed by atoms with Crippen LogP contribution in [0.15, 0.2) is 42.5 Å². The quantitative estimate of drug-likeness (QED) is 0.664. The maximum Gasteiger partial charge on any atom is 0.228 e. The number of nitrogens with one attached hydrogen (secondary N) is 1. The zero-order valence-corrected chi connectivity index (χ0v) is 15.1. The molecule has 3 heteroatoms. The Balaban J connectivity index is 1.65. The van der Waals surface area contributed by atoms with Gasteiger partial charge < -0.3 is 5.32 Å². The third kappa shape index (κ3) is 4.10. The molecule has 128 valence electrons. The van der Waals surface area contributed by atoms with Crippen LogP contribution >= 0.6 is 11.6 Å². The van der Waals surface area contributed by atoms with Crippen LogP contribution in [-0.2, 0) is 4.79 Å². The number of hydrogen-bond donors (Lipinski definition) is 1. The van der Waals surface area contributed by atoms with E-state index >= 15 is 0 Å². The number of anilines is 1. The predicted octanol–water partition coefficient (Wildman–Crippen LogP) is 5.92. The van der Waals surface area contributed by atoms with E-state index in [0.717, 1.165) is 49.8 Å². The van der Waals surface area contributed by atoms with Gasteiger partial charge >= 0.3 is 0 Å². The second kappa shape index (κ2) is 8.02. The number of allylic oxidation sites excluding steroid dienone is 4. The minimum atomic E-state index is 0.158. The van der Waals surface area contributed by atoms with Crippen molar-refractivity contribution in [1.82, 2.24) is 0 Å². The molecule has 2 unspecified atom stereocenters. The Hall–Kier alpha value is -1.54. The Morgan fingerprint density at radius 2 is 1.58 bits per heavy atom. The van der Waals surface area contributed by atoms with Crippen LogP contribution in [0.3, 0.4) is 0 Å². The first-order valence-electron chi connectivity index (χ1n) is 9.04. The maximum atomic E-state index is 12.7. The molecule has 0 saturated heterocycles. The van der Waals surface area contributed by atoms with Crippen LogP contribution in [0.1, 0.15) is 44.1 Å². The van der Waals surface area contributed by atoms with Crippen molar-refractivity contribution in [2.24, 2.45) is 17.8 Å². The van der Waals surface area contributed by atoms with Crippen molar-refractivity contribution in [3.63, 3.8) is 0 Å². The summed E-state index contributed by atoms with van der Waals surface area (Å²) in [5, 5.41) is 3.81. The Morgan fingerprint density at radius 1 is 1.00 bits per heavy atom. The molecule has 24 heavy (non-hydrogen) atoms. The highest BCUT2D eigenvalue weighted by molar-refractivity contribution is 6.31. The molecule has 1 amide bonds. The van der Waals surface area contributed by atoms with Crippen LogP contribution in [0, 0.1) is 24.7 Å². The van der Waals surface area contributed by atoms with Crippen molar-refractivity contribution >= 4 is 23.2 Å². The summed E-state index contributed by atoms with van der Waals surface area (Å²) in [6.07, 6.45) is 15.8. The second-order valence-electron chi connectivity index (χ2n) is 6.93. The third-order valence-electron chi connectivity index (χ3n) is 5.33. The van der Waals surface area contributed by atoms with Gasteiger partial charge in [0.2, 0.25) is 5.91 Å². The lowest BCUT2D eigenvalue weighted by Gasteiger charge is -2.09. The minimum absolute atomic E-state index is 0.158. The first-order valence-corrected chi connectivity index (χ1v) is 9.42. The Morgan fingerprint density at radius 3 is 2.21 bits per heavy atom. The van der Waals surface area contributed by atoms with E-state index in [1.807, 2.05) is 25.1 Å². The second-order valence-corrected chi connectivity index (χ2v) is 7.34. The van der Waals surface area contributed by atoms with Gasteiger partial charge in [-0.3, -0.25) is 4.79 Å². The molecular formula is C21H26ClNO. The van der Waals surface area contributed by atoms with Gasteiger partial charge in [0.1, 0.15) is 0 Å². The Labute approximate surface area is 150 Å². The third-order valence-corrected chi connectivity index (χ3v) is 5.74. The minimum Gasteiger partial charge on any atom is -0.326 e. The van der Waals surface area contributed by atoms with Crippen LogP contribution < -0.4 is 5.32 Å². The van der Waals surface area contributed by atoms with Crippen LogP contribution in [0.4, 0.5) is 5.69 Å². The Bertz CT molecular complexity index is 625. The molecule has 0 heterocycles. The summed E-state index contributed by atoms with van der Waals surface area (Å²) in [4.78, 5) is 12.7. The standard InChI is InChI=1S/C21H26ClNO/c1-15-18(22)13-10-14-19(15)23-21(24)20-16-11-8-6-4-2-3-5-7-9-12-17(16)20/h4-7,10,13-14,16-17,20H,2-3,8-9,11-12H2,1H3,(H,23,24). The molecule has 0 radical (unpaired) electrons. The van der Waals surface area contributed by atoms with Gasteiger partial charge in [-0.25, -0.2) is 0 Å². The van der Waals surface area contributed by atoms with Gasteiger partial charge in [0.15, 0.2) is 0 Å². The molecule has 3 rings (SSSR count). The molecule has 1 aromatic rings. The van der Waals surface area contributed by atoms with Gasteiger partial charge in [-0.2, -0.15) is 0 Å². The summed E-state index contributed by atoms with van der Waals surface area (Å²) in [7, 11) is 0. The summed E-state index contributed by atoms with van der Waals surface area (Å²) in [6.45, 7) is 1.95. The van der Waals surface area contributed by atoms with Crippen molar-refractivity contribution in [2.75, 3.05) is 5.32 Å². The van der Waals surface area contributed by atoms with Crippen LogP contribution in [0.2, 0.25) is 5.02 Å². The lowest BCUT2D eigenvalue weighted by Crippen LogP contribution is -2.16. The van der Waals surface area contributed by atoms with E-state index < -0.39 is 0 Å². The van der Waals surface area contributed by atoms with Gasteiger partial charge in [-0.05, 0) is 75.0 Å². The number of fused-ring (bicyclic) bond motifs is 1. The van der Waals surface area contributed by atoms with E-state index in [2.05, 4.69) is 29.6 Å². The topological polar surface area (TPSA) is 29.1 Å². The zero-order valence-electron chi connectivity index (χ0n) is 14.3. The SMILES string of the molecule is Cc1c(Cl)cccc1NC(=O)C1C2CCC=CCCC=CCCC21. The monoisotopic (exact) mass is 343 g/mol. The highest BCUT2D eigenvalue weighted by Gasteiger charge is 2.52. The molecule has 1 saturated carbocycles. The lowest BCUT2D eigenvalue weighted by atomic mass is 10.1. The number of carbonyl (C=O) groups is 1. The highest BCUT2D eigenvalue weighted by atomic mass is 35.5. The Kier molecular flexibility index (Phi) is 5.78. The maximum absolute atomic E-state index is 12.7. The van der Waals surface area contributed by atoms with E-state index in [1.54, 1.807) is 0 Å². The number of carbonyl (C=O) groups excluding carboxylic acids is 1. The number of halogens is 1. The molecule has 0 aromatic heterocycles. The van der Waals surface area contributed by atoms with Gasteiger partial charge in [0.25, 0.3) is 0 Å². The van der Waals surface area contributed by atoms with Crippen molar-refractivity contribution in [3.05, 3.63) is 53.1 Å². The van der Waals surface area contributed by atoms with Crippen molar-refractivity contribution < 1.29 is 4.79 Å². The van der Waals surface area contributed by atoms with Gasteiger partial charge in [-0.15, -0.1) is 0 Å². The molecule has 0 spiro atoms. The largest absolute Gasteiger partial charge is 0.326 e. The fourth-order valence-corrected chi connectivity index (χ4v) is 4.00. The summed E-state index contributed by atoms with van der Waals surface area (Å²) in [5.41, 5.74) is 1.78. The number of hydrogen-bond acceptors (Lipinski definition) is 1. The van der Waals surface area contributed by atoms with Crippen LogP contribution in [0.5, 0.6) is 0 Å². The molecule has 2 aliphatic rings. The molecule has 0 aliphatic heterocycles. The summed E-state index contributed by atoms with van der Waals surface area (Å²) in [5.74, 6) is 1.38. The molecule has 1 aromatic carbocycles. The molecule has 1 fully saturated rings. The van der Waals surface area contributed by atoms with E-state index in [1.165, 1.54) is 0 Å². The fourth-order valence-electron chi connectivity index (χ4n) is 3.82. The lowest BCUT2D eigenvalue weighted by molar-refractivity contribution is -0.117. The van der Waals surface area contributed by atoms with E-state index in [-0.39, 0.29) is 11.8 Å². The number of rotatable bonds is 2. The smallest absolute Gasteiger partial charge is 0.228 e. The van der Waals surface area contributed by atoms with Crippen molar-refractivity contribution in [2.45, 2.75) is 45.4 Å². The average Bonchev–Trinajstić information content (AvgIpc) is 3.24. The van der Waals surface area contributed by atoms with Crippen LogP contribution in [-0.4, -0.2) is 5.91 Å². The summed E-state index contributed by atoms with van der Waals surface area (Å²) >= 11 is 6.16. The van der Waals surface area contributed by atoms with Crippen LogP contribution in [0.25, 0.3) is 0 Å². The normalized spacial score (nSPS) is 26.8. The average molecular weight is 344 g/mol. The summed E-state index contributed by atoms with van der Waals surface area (Å²) < 4.78 is 0. The molecule has 2 nitrogen and oxygen atoms in total. The fraction of sp³-hybridized carbons (Fsp3) is 0.476. The van der Waals surface area contributed by atoms with E-state index in [4.69, 9.17) is 11.6 Å². The predicted molar refractivity (Wildman–Crippen MR) is 101 cm³/mol. The first kappa shape index (κ1) is 17.3. The highest BCUT2D eigenvalue weighted by Crippen LogP contribution is 2.52. The van der Waals surface area contributed by atoms with Crippen molar-refractivity contribution in [3.8, 4) is 0 Å². The van der Waals surface area contributed by atoms with Gasteiger partial charge in [-0.1, -0.05) is 42.0 Å². The van der Waals surface area contributed by atoms with E-state index in [0.29, 0.717) is 16.9 Å². The zero-order chi connectivity index (χ0) is 16.9. The number of amides is 1. The first-order chi connectivity index (χ1) is 11.7. The molecule has 1 N–H and O–H groups in total. The molecule has 0 bridgehead atoms. The summed E-state index contributed by atoms with van der Waals surface area (Å²) in [6, 6.07) is 5.67. The molecule has 2 aliphatic carbocycles. The molecule has 2 atom stereocenters. The van der Waals surface area contributed by atoms with Gasteiger partial charge in [0, 0.05) is 16.6 Å². The van der Waals surface area contributed by atoms with E-state index in [9.17, 15) is 4.79 Å². The number of benzene rings is 1. The van der Waals surface area contributed by atoms with Crippen molar-refractivity contribution in [1.29, 1.82) is 0 Å². The van der Waals surface area contributed by atoms with Gasteiger partial charge in [0.05, 0.1) is 0 Å². The molecular weight excluding hydrogens is 318 g/mol.